The summed E-state index contributed by atoms with van der Waals surface area (Å²) in [5, 5.41) is 6.45. The molecular weight excluding hydrogens is 387 g/mol. The van der Waals surface area contributed by atoms with Gasteiger partial charge in [-0.05, 0) is 24.3 Å². The number of alkyl halides is 3. The number of hydrogen-bond donors (Lipinski definition) is 1. The smallest absolute Gasteiger partial charge is 0.364 e. The third-order valence-electron chi connectivity index (χ3n) is 3.83. The van der Waals surface area contributed by atoms with E-state index in [1.54, 1.807) is 30.6 Å². The molecule has 0 saturated carbocycles. The highest BCUT2D eigenvalue weighted by Gasteiger charge is 2.38. The van der Waals surface area contributed by atoms with Crippen LogP contribution in [0.4, 0.5) is 19.0 Å². The van der Waals surface area contributed by atoms with Crippen molar-refractivity contribution in [2.24, 2.45) is 0 Å². The highest BCUT2D eigenvalue weighted by Crippen LogP contribution is 2.29. The first kappa shape index (κ1) is 18.5. The molecular formula is C18H12F3N7O. The summed E-state index contributed by atoms with van der Waals surface area (Å²) in [6.07, 6.45) is 1.51. The van der Waals surface area contributed by atoms with E-state index in [4.69, 9.17) is 0 Å². The molecule has 4 heterocycles. The maximum atomic E-state index is 12.5. The lowest BCUT2D eigenvalue weighted by Gasteiger charge is -2.07. The SMILES string of the molecule is FC(F)(F)c1nc(-c2ccc(CNc3cc(-c4cccnc4)ncn3)nc2)no1. The van der Waals surface area contributed by atoms with Gasteiger partial charge in [0, 0.05) is 35.8 Å². The Labute approximate surface area is 161 Å². The van der Waals surface area contributed by atoms with Gasteiger partial charge in [0.05, 0.1) is 17.9 Å². The van der Waals surface area contributed by atoms with Gasteiger partial charge in [-0.15, -0.1) is 0 Å². The predicted octanol–water partition coefficient (Wildman–Crippen LogP) is 3.61. The zero-order valence-corrected chi connectivity index (χ0v) is 14.6. The number of rotatable bonds is 5. The maximum Gasteiger partial charge on any atom is 0.471 e. The fourth-order valence-electron chi connectivity index (χ4n) is 2.42. The van der Waals surface area contributed by atoms with Gasteiger partial charge in [-0.1, -0.05) is 5.16 Å². The number of aromatic nitrogens is 6. The van der Waals surface area contributed by atoms with Crippen molar-refractivity contribution in [2.75, 3.05) is 5.32 Å². The summed E-state index contributed by atoms with van der Waals surface area (Å²) in [7, 11) is 0. The van der Waals surface area contributed by atoms with Crippen LogP contribution in [-0.4, -0.2) is 30.1 Å². The molecule has 0 amide bonds. The second-order valence-corrected chi connectivity index (χ2v) is 5.84. The van der Waals surface area contributed by atoms with Crippen molar-refractivity contribution in [3.63, 3.8) is 0 Å². The summed E-state index contributed by atoms with van der Waals surface area (Å²) in [6, 6.07) is 8.70. The maximum absolute atomic E-state index is 12.5. The molecule has 0 spiro atoms. The van der Waals surface area contributed by atoms with E-state index in [2.05, 4.69) is 39.9 Å². The second kappa shape index (κ2) is 7.62. The summed E-state index contributed by atoms with van der Waals surface area (Å²) in [5.74, 6) is -0.981. The fourth-order valence-corrected chi connectivity index (χ4v) is 2.42. The Balaban J connectivity index is 1.43. The van der Waals surface area contributed by atoms with E-state index in [9.17, 15) is 13.2 Å². The Morgan fingerprint density at radius 3 is 2.59 bits per heavy atom. The first-order chi connectivity index (χ1) is 14.0. The van der Waals surface area contributed by atoms with Crippen molar-refractivity contribution in [3.8, 4) is 22.6 Å². The Morgan fingerprint density at radius 1 is 1.00 bits per heavy atom. The molecule has 0 bridgehead atoms. The first-order valence-electron chi connectivity index (χ1n) is 8.31. The minimum atomic E-state index is -4.69. The Hall–Kier alpha value is -3.89. The van der Waals surface area contributed by atoms with Crippen LogP contribution in [0.3, 0.4) is 0 Å². The number of nitrogens with zero attached hydrogens (tertiary/aromatic N) is 6. The monoisotopic (exact) mass is 399 g/mol. The molecule has 8 nitrogen and oxygen atoms in total. The van der Waals surface area contributed by atoms with Crippen LogP contribution in [0.15, 0.2) is 59.8 Å². The molecule has 4 aromatic heterocycles. The second-order valence-electron chi connectivity index (χ2n) is 5.84. The number of anilines is 1. The normalized spacial score (nSPS) is 11.4. The molecule has 0 unspecified atom stereocenters. The zero-order chi connectivity index (χ0) is 20.3. The number of hydrogen-bond acceptors (Lipinski definition) is 8. The molecule has 0 fully saturated rings. The molecule has 0 radical (unpaired) electrons. The van der Waals surface area contributed by atoms with Gasteiger partial charge in [0.25, 0.3) is 0 Å². The van der Waals surface area contributed by atoms with Gasteiger partial charge >= 0.3 is 12.1 Å². The quantitative estimate of drug-likeness (QED) is 0.543. The molecule has 0 aliphatic heterocycles. The molecule has 4 aromatic rings. The first-order valence-corrected chi connectivity index (χ1v) is 8.31. The molecule has 0 aromatic carbocycles. The minimum Gasteiger partial charge on any atom is -0.364 e. The summed E-state index contributed by atoms with van der Waals surface area (Å²) >= 11 is 0. The van der Waals surface area contributed by atoms with Crippen molar-refractivity contribution in [1.82, 2.24) is 30.1 Å². The van der Waals surface area contributed by atoms with Gasteiger partial charge in [-0.3, -0.25) is 9.97 Å². The van der Waals surface area contributed by atoms with Gasteiger partial charge in [0.2, 0.25) is 5.82 Å². The van der Waals surface area contributed by atoms with E-state index in [0.717, 1.165) is 11.3 Å². The molecule has 146 valence electrons. The van der Waals surface area contributed by atoms with Crippen LogP contribution in [0.2, 0.25) is 0 Å². The van der Waals surface area contributed by atoms with Crippen molar-refractivity contribution in [2.45, 2.75) is 12.7 Å². The van der Waals surface area contributed by atoms with Gasteiger partial charge in [-0.25, -0.2) is 9.97 Å². The predicted molar refractivity (Wildman–Crippen MR) is 95.1 cm³/mol. The highest BCUT2D eigenvalue weighted by atomic mass is 19.4. The Kier molecular flexibility index (Phi) is 4.85. The standard InChI is InChI=1S/C18H12F3N7O/c19-18(20,21)17-27-16(28-29-17)12-3-4-13(23-8-12)9-24-15-6-14(25-10-26-15)11-2-1-5-22-7-11/h1-8,10H,9H2,(H,24,25,26). The van der Waals surface area contributed by atoms with Gasteiger partial charge in [0.15, 0.2) is 0 Å². The third kappa shape index (κ3) is 4.34. The van der Waals surface area contributed by atoms with Crippen molar-refractivity contribution < 1.29 is 17.7 Å². The fraction of sp³-hybridized carbons (Fsp3) is 0.111. The van der Waals surface area contributed by atoms with Crippen molar-refractivity contribution >= 4 is 5.82 Å². The summed E-state index contributed by atoms with van der Waals surface area (Å²) in [6.45, 7) is 0.351. The van der Waals surface area contributed by atoms with Gasteiger partial charge in [0.1, 0.15) is 12.1 Å². The topological polar surface area (TPSA) is 103 Å². The number of pyridine rings is 2. The Bertz CT molecular complexity index is 1100. The molecule has 0 aliphatic rings. The largest absolute Gasteiger partial charge is 0.471 e. The lowest BCUT2D eigenvalue weighted by molar-refractivity contribution is -0.159. The van der Waals surface area contributed by atoms with E-state index in [1.807, 2.05) is 12.1 Å². The summed E-state index contributed by atoms with van der Waals surface area (Å²) < 4.78 is 41.9. The average molecular weight is 399 g/mol. The molecule has 0 atom stereocenters. The third-order valence-corrected chi connectivity index (χ3v) is 3.83. The molecule has 29 heavy (non-hydrogen) atoms. The molecule has 1 N–H and O–H groups in total. The summed E-state index contributed by atoms with van der Waals surface area (Å²) in [5.41, 5.74) is 2.54. The molecule has 0 aliphatic carbocycles. The van der Waals surface area contributed by atoms with Crippen LogP contribution >= 0.6 is 0 Å². The van der Waals surface area contributed by atoms with Crippen molar-refractivity contribution in [1.29, 1.82) is 0 Å². The number of nitrogens with one attached hydrogen (secondary N) is 1. The molecule has 4 rings (SSSR count). The molecule has 11 heteroatoms. The zero-order valence-electron chi connectivity index (χ0n) is 14.6. The van der Waals surface area contributed by atoms with Crippen LogP contribution in [0, 0.1) is 0 Å². The van der Waals surface area contributed by atoms with Gasteiger partial charge < -0.3 is 9.84 Å². The summed E-state index contributed by atoms with van der Waals surface area (Å²) in [4.78, 5) is 20.0. The Morgan fingerprint density at radius 2 is 1.90 bits per heavy atom. The van der Waals surface area contributed by atoms with E-state index in [0.29, 0.717) is 23.6 Å². The van der Waals surface area contributed by atoms with Crippen molar-refractivity contribution in [3.05, 3.63) is 66.8 Å². The lowest BCUT2D eigenvalue weighted by Crippen LogP contribution is -2.05. The van der Waals surface area contributed by atoms with E-state index >= 15 is 0 Å². The average Bonchev–Trinajstić information content (AvgIpc) is 3.24. The molecule has 0 saturated heterocycles. The van der Waals surface area contributed by atoms with E-state index < -0.39 is 12.1 Å². The van der Waals surface area contributed by atoms with Crippen LogP contribution in [-0.2, 0) is 12.7 Å². The lowest BCUT2D eigenvalue weighted by atomic mass is 10.2. The van der Waals surface area contributed by atoms with Crippen LogP contribution < -0.4 is 5.32 Å². The van der Waals surface area contributed by atoms with E-state index in [1.165, 1.54) is 12.5 Å². The minimum absolute atomic E-state index is 0.179. The van der Waals surface area contributed by atoms with Crippen LogP contribution in [0.1, 0.15) is 11.6 Å². The van der Waals surface area contributed by atoms with Crippen LogP contribution in [0.5, 0.6) is 0 Å². The van der Waals surface area contributed by atoms with Crippen LogP contribution in [0.25, 0.3) is 22.6 Å². The van der Waals surface area contributed by atoms with E-state index in [-0.39, 0.29) is 5.82 Å². The van der Waals surface area contributed by atoms with Gasteiger partial charge in [-0.2, -0.15) is 18.2 Å². The number of halogens is 3. The highest BCUT2D eigenvalue weighted by molar-refractivity contribution is 5.61.